The van der Waals surface area contributed by atoms with Gasteiger partial charge < -0.3 is 9.05 Å². The van der Waals surface area contributed by atoms with Gasteiger partial charge in [0.2, 0.25) is 0 Å². The molecular weight excluding hydrogens is 223 g/mol. The van der Waals surface area contributed by atoms with E-state index >= 15 is 0 Å². The molecule has 0 atom stereocenters. The van der Waals surface area contributed by atoms with Crippen molar-refractivity contribution in [2.24, 2.45) is 11.8 Å². The van der Waals surface area contributed by atoms with E-state index in [-0.39, 0.29) is 0 Å². The number of rotatable bonds is 6. The second kappa shape index (κ2) is 6.78. The Bertz CT molecular complexity index is 198. The highest BCUT2D eigenvalue weighted by atomic mass is 31.1. The monoisotopic (exact) mass is 246 g/mol. The third-order valence-corrected chi connectivity index (χ3v) is 4.63. The van der Waals surface area contributed by atoms with E-state index in [1.54, 1.807) is 0 Å². The van der Waals surface area contributed by atoms with Crippen LogP contribution < -0.4 is 0 Å². The highest BCUT2D eigenvalue weighted by Gasteiger charge is 2.18. The predicted octanol–water partition coefficient (Wildman–Crippen LogP) is 3.79. The first-order valence-corrected chi connectivity index (χ1v) is 7.86. The van der Waals surface area contributed by atoms with Gasteiger partial charge in [-0.05, 0) is 37.5 Å². The van der Waals surface area contributed by atoms with E-state index in [4.69, 9.17) is 9.05 Å². The smallest absolute Gasteiger partial charge is 0.310 e. The van der Waals surface area contributed by atoms with Crippen LogP contribution in [0.4, 0.5) is 0 Å². The molecule has 3 nitrogen and oxygen atoms in total. The first kappa shape index (κ1) is 12.6. The SMILES string of the molecule is O=[PH](OCC1CCCC1)OCC1CCCC1. The Morgan fingerprint density at radius 3 is 1.56 bits per heavy atom. The van der Waals surface area contributed by atoms with Crippen LogP contribution >= 0.6 is 8.25 Å². The summed E-state index contributed by atoms with van der Waals surface area (Å²) >= 11 is 0. The van der Waals surface area contributed by atoms with Crippen LogP contribution in [0.5, 0.6) is 0 Å². The van der Waals surface area contributed by atoms with Crippen molar-refractivity contribution >= 4 is 8.25 Å². The molecule has 0 bridgehead atoms. The van der Waals surface area contributed by atoms with Gasteiger partial charge in [0.15, 0.2) is 0 Å². The van der Waals surface area contributed by atoms with Crippen LogP contribution in [-0.2, 0) is 13.6 Å². The molecule has 0 aromatic heterocycles. The van der Waals surface area contributed by atoms with Gasteiger partial charge in [-0.1, -0.05) is 25.7 Å². The number of hydrogen-bond donors (Lipinski definition) is 0. The summed E-state index contributed by atoms with van der Waals surface area (Å²) in [5.74, 6) is 1.26. The Labute approximate surface area is 98.8 Å². The molecule has 0 aromatic rings. The first-order valence-electron chi connectivity index (χ1n) is 6.64. The van der Waals surface area contributed by atoms with Gasteiger partial charge in [0, 0.05) is 0 Å². The third kappa shape index (κ3) is 4.20. The molecule has 0 N–H and O–H groups in total. The fourth-order valence-electron chi connectivity index (χ4n) is 2.77. The van der Waals surface area contributed by atoms with E-state index < -0.39 is 8.25 Å². The van der Waals surface area contributed by atoms with Gasteiger partial charge in [-0.25, -0.2) is 0 Å². The molecule has 0 aliphatic heterocycles. The predicted molar refractivity (Wildman–Crippen MR) is 64.8 cm³/mol. The molecule has 4 heteroatoms. The zero-order valence-electron chi connectivity index (χ0n) is 9.95. The van der Waals surface area contributed by atoms with Crippen LogP contribution in [0.1, 0.15) is 51.4 Å². The maximum atomic E-state index is 11.5. The van der Waals surface area contributed by atoms with Crippen LogP contribution in [0.2, 0.25) is 0 Å². The lowest BCUT2D eigenvalue weighted by atomic mass is 10.1. The minimum absolute atomic E-state index is 0.629. The second-order valence-electron chi connectivity index (χ2n) is 5.17. The van der Waals surface area contributed by atoms with Crippen LogP contribution in [0.3, 0.4) is 0 Å². The van der Waals surface area contributed by atoms with E-state index in [2.05, 4.69) is 0 Å². The molecule has 0 amide bonds. The molecule has 16 heavy (non-hydrogen) atoms. The van der Waals surface area contributed by atoms with Gasteiger partial charge in [0.25, 0.3) is 0 Å². The standard InChI is InChI=1S/C12H23O3P/c13-16(14-9-11-5-1-2-6-11)15-10-12-7-3-4-8-12/h11-12,16H,1-10H2. The zero-order valence-corrected chi connectivity index (χ0v) is 11.0. The molecule has 94 valence electrons. The van der Waals surface area contributed by atoms with Crippen molar-refractivity contribution in [2.45, 2.75) is 51.4 Å². The van der Waals surface area contributed by atoms with E-state index in [1.165, 1.54) is 51.4 Å². The maximum Gasteiger partial charge on any atom is 0.319 e. The summed E-state index contributed by atoms with van der Waals surface area (Å²) < 4.78 is 22.1. The summed E-state index contributed by atoms with van der Waals surface area (Å²) in [4.78, 5) is 0. The van der Waals surface area contributed by atoms with E-state index in [0.717, 1.165) is 0 Å². The van der Waals surface area contributed by atoms with Crippen LogP contribution in [0.25, 0.3) is 0 Å². The van der Waals surface area contributed by atoms with Crippen molar-refractivity contribution in [3.8, 4) is 0 Å². The molecule has 2 saturated carbocycles. The summed E-state index contributed by atoms with van der Waals surface area (Å²) in [5, 5.41) is 0. The molecule has 0 saturated heterocycles. The molecule has 0 radical (unpaired) electrons. The van der Waals surface area contributed by atoms with Crippen LogP contribution in [0, 0.1) is 11.8 Å². The maximum absolute atomic E-state index is 11.5. The summed E-state index contributed by atoms with van der Waals surface area (Å²) in [6, 6.07) is 0. The van der Waals surface area contributed by atoms with Crippen molar-refractivity contribution in [1.29, 1.82) is 0 Å². The van der Waals surface area contributed by atoms with Gasteiger partial charge in [-0.15, -0.1) is 0 Å². The topological polar surface area (TPSA) is 35.5 Å². The Hall–Kier alpha value is 0.150. The van der Waals surface area contributed by atoms with E-state index in [9.17, 15) is 4.57 Å². The minimum atomic E-state index is -2.21. The lowest BCUT2D eigenvalue weighted by molar-refractivity contribution is 0.179. The van der Waals surface area contributed by atoms with Crippen molar-refractivity contribution in [2.75, 3.05) is 13.2 Å². The largest absolute Gasteiger partial charge is 0.319 e. The van der Waals surface area contributed by atoms with Crippen molar-refractivity contribution in [3.05, 3.63) is 0 Å². The third-order valence-electron chi connectivity index (χ3n) is 3.82. The molecule has 2 aliphatic rings. The van der Waals surface area contributed by atoms with Crippen molar-refractivity contribution < 1.29 is 13.6 Å². The van der Waals surface area contributed by atoms with Gasteiger partial charge in [-0.2, -0.15) is 0 Å². The molecule has 2 fully saturated rings. The summed E-state index contributed by atoms with van der Waals surface area (Å²) in [5.41, 5.74) is 0. The molecule has 0 aromatic carbocycles. The molecule has 0 unspecified atom stereocenters. The second-order valence-corrected chi connectivity index (χ2v) is 6.25. The fraction of sp³-hybridized carbons (Fsp3) is 1.00. The summed E-state index contributed by atoms with van der Waals surface area (Å²) in [6.45, 7) is 1.28. The van der Waals surface area contributed by atoms with Crippen LogP contribution in [0.15, 0.2) is 0 Å². The van der Waals surface area contributed by atoms with E-state index in [0.29, 0.717) is 25.0 Å². The lowest BCUT2D eigenvalue weighted by Crippen LogP contribution is -2.04. The minimum Gasteiger partial charge on any atom is -0.310 e. The van der Waals surface area contributed by atoms with Gasteiger partial charge in [-0.3, -0.25) is 4.57 Å². The fourth-order valence-corrected chi connectivity index (χ4v) is 3.59. The summed E-state index contributed by atoms with van der Waals surface area (Å²) in [6.07, 6.45) is 10.1. The molecule has 2 aliphatic carbocycles. The van der Waals surface area contributed by atoms with Gasteiger partial charge in [0.05, 0.1) is 13.2 Å². The van der Waals surface area contributed by atoms with Crippen molar-refractivity contribution in [3.63, 3.8) is 0 Å². The molecular formula is C12H23O3P. The van der Waals surface area contributed by atoms with E-state index in [1.807, 2.05) is 0 Å². The highest BCUT2D eigenvalue weighted by molar-refractivity contribution is 7.33. The van der Waals surface area contributed by atoms with Crippen LogP contribution in [-0.4, -0.2) is 13.2 Å². The Kier molecular flexibility index (Phi) is 5.34. The number of hydrogen-bond acceptors (Lipinski definition) is 3. The van der Waals surface area contributed by atoms with Crippen molar-refractivity contribution in [1.82, 2.24) is 0 Å². The first-order chi connectivity index (χ1) is 7.84. The molecule has 0 heterocycles. The molecule has 0 spiro atoms. The average molecular weight is 246 g/mol. The Morgan fingerprint density at radius 2 is 1.19 bits per heavy atom. The van der Waals surface area contributed by atoms with Gasteiger partial charge in [0.1, 0.15) is 0 Å². The zero-order chi connectivity index (χ0) is 11.2. The quantitative estimate of drug-likeness (QED) is 0.669. The molecule has 2 rings (SSSR count). The normalized spacial score (nSPS) is 23.6. The Morgan fingerprint density at radius 1 is 0.812 bits per heavy atom. The average Bonchev–Trinajstić information content (AvgIpc) is 2.96. The lowest BCUT2D eigenvalue weighted by Gasteiger charge is -2.12. The highest BCUT2D eigenvalue weighted by Crippen LogP contribution is 2.33. The Balaban J connectivity index is 1.53. The summed E-state index contributed by atoms with van der Waals surface area (Å²) in [7, 11) is -2.21. The van der Waals surface area contributed by atoms with Gasteiger partial charge >= 0.3 is 8.25 Å².